The van der Waals surface area contributed by atoms with Crippen molar-refractivity contribution in [2.75, 3.05) is 0 Å². The van der Waals surface area contributed by atoms with Gasteiger partial charge >= 0.3 is 11.8 Å². The SMILES string of the molecule is CC(C)(C)[N+](Cl)(C(=O)c1ccc(Cl)cc1)N(Cl)C(=O)c1ccc(Cl)cc1Cl.Cl. The maximum atomic E-state index is 13.2. The van der Waals surface area contributed by atoms with Crippen molar-refractivity contribution in [1.29, 1.82) is 0 Å². The van der Waals surface area contributed by atoms with Gasteiger partial charge in [-0.3, -0.25) is 4.79 Å². The van der Waals surface area contributed by atoms with Crippen molar-refractivity contribution in [1.82, 2.24) is 4.53 Å². The molecule has 0 fully saturated rings. The number of amides is 2. The highest BCUT2D eigenvalue weighted by atomic mass is 35.5. The Bertz CT molecular complexity index is 883. The number of halogens is 6. The Morgan fingerprint density at radius 3 is 1.89 bits per heavy atom. The molecule has 0 aliphatic rings. The van der Waals surface area contributed by atoms with Gasteiger partial charge in [0, 0.05) is 10.0 Å². The van der Waals surface area contributed by atoms with E-state index in [1.54, 1.807) is 32.9 Å². The monoisotopic (exact) mass is 503 g/mol. The molecule has 0 heterocycles. The third-order valence-corrected chi connectivity index (χ3v) is 5.89. The summed E-state index contributed by atoms with van der Waals surface area (Å²) in [5.74, 6) is -1.35. The summed E-state index contributed by atoms with van der Waals surface area (Å²) in [5.41, 5.74) is -0.674. The smallest absolute Gasteiger partial charge is 0.262 e. The minimum atomic E-state index is -1.05. The van der Waals surface area contributed by atoms with E-state index in [0.29, 0.717) is 14.6 Å². The summed E-state index contributed by atoms with van der Waals surface area (Å²) >= 11 is 30.9. The van der Waals surface area contributed by atoms with Crippen molar-refractivity contribution >= 4 is 82.6 Å². The molecule has 0 aliphatic carbocycles. The number of quaternary nitrogens is 1. The van der Waals surface area contributed by atoms with Gasteiger partial charge in [-0.25, -0.2) is 4.79 Å². The van der Waals surface area contributed by atoms with E-state index in [1.807, 2.05) is 0 Å². The van der Waals surface area contributed by atoms with Crippen LogP contribution >= 0.6 is 70.8 Å². The lowest BCUT2D eigenvalue weighted by molar-refractivity contribution is -0.871. The fourth-order valence-corrected chi connectivity index (χ4v) is 3.47. The highest BCUT2D eigenvalue weighted by Crippen LogP contribution is 2.37. The summed E-state index contributed by atoms with van der Waals surface area (Å²) in [6.45, 7) is 5.04. The molecule has 2 rings (SSSR count). The second kappa shape index (κ2) is 9.40. The Morgan fingerprint density at radius 2 is 1.43 bits per heavy atom. The zero-order valence-corrected chi connectivity index (χ0v) is 19.6. The molecule has 152 valence electrons. The van der Waals surface area contributed by atoms with E-state index in [9.17, 15) is 9.59 Å². The van der Waals surface area contributed by atoms with E-state index in [4.69, 9.17) is 58.4 Å². The van der Waals surface area contributed by atoms with Crippen LogP contribution in [-0.2, 0) is 0 Å². The van der Waals surface area contributed by atoms with E-state index in [0.717, 1.165) is 0 Å². The summed E-state index contributed by atoms with van der Waals surface area (Å²) in [6, 6.07) is 10.4. The zero-order chi connectivity index (χ0) is 20.6. The first-order valence-electron chi connectivity index (χ1n) is 7.74. The topological polar surface area (TPSA) is 37.4 Å². The van der Waals surface area contributed by atoms with Crippen molar-refractivity contribution < 1.29 is 13.7 Å². The van der Waals surface area contributed by atoms with Gasteiger partial charge in [0.05, 0.1) is 27.9 Å². The molecule has 4 nitrogen and oxygen atoms in total. The Balaban J connectivity index is 0.00000392. The largest absolute Gasteiger partial charge is 0.390 e. The van der Waals surface area contributed by atoms with Crippen molar-refractivity contribution in [3.63, 3.8) is 0 Å². The van der Waals surface area contributed by atoms with Gasteiger partial charge in [-0.1, -0.05) is 39.3 Å². The second-order valence-corrected chi connectivity index (χ2v) is 8.82. The van der Waals surface area contributed by atoms with Crippen LogP contribution in [0.1, 0.15) is 41.5 Å². The van der Waals surface area contributed by atoms with Gasteiger partial charge in [0.15, 0.2) is 0 Å². The summed E-state index contributed by atoms with van der Waals surface area (Å²) in [4.78, 5) is 26.2. The van der Waals surface area contributed by atoms with Crippen LogP contribution in [0.25, 0.3) is 0 Å². The summed E-state index contributed by atoms with van der Waals surface area (Å²) in [7, 11) is 0. The molecule has 0 aromatic heterocycles. The van der Waals surface area contributed by atoms with Crippen LogP contribution in [0.4, 0.5) is 0 Å². The number of hydrogen-bond acceptors (Lipinski definition) is 2. The van der Waals surface area contributed by atoms with Crippen molar-refractivity contribution in [2.45, 2.75) is 26.3 Å². The Labute approximate surface area is 195 Å². The van der Waals surface area contributed by atoms with Gasteiger partial charge in [0.2, 0.25) is 11.8 Å². The molecule has 0 bridgehead atoms. The van der Waals surface area contributed by atoms with E-state index in [2.05, 4.69) is 0 Å². The number of nitrogens with zero attached hydrogens (tertiary/aromatic N) is 2. The maximum absolute atomic E-state index is 13.2. The van der Waals surface area contributed by atoms with Crippen LogP contribution < -0.4 is 0 Å². The molecule has 2 amide bonds. The average molecular weight is 506 g/mol. The number of hydrogen-bond donors (Lipinski definition) is 0. The predicted molar refractivity (Wildman–Crippen MR) is 117 cm³/mol. The van der Waals surface area contributed by atoms with E-state index >= 15 is 0 Å². The van der Waals surface area contributed by atoms with Gasteiger partial charge in [0.25, 0.3) is 0 Å². The standard InChI is InChI=1S/C18H16Cl5N2O2.ClH/c1-18(2,3)25(23,17(27)11-4-6-12(19)7-5-11)24(22)16(26)14-9-8-13(20)10-15(14)21;/h4-10H,1-3H3;1H/q+1;. The predicted octanol–water partition coefficient (Wildman–Crippen LogP) is 7.19. The van der Waals surface area contributed by atoms with Crippen LogP contribution in [0.5, 0.6) is 0 Å². The molecule has 1 unspecified atom stereocenters. The van der Waals surface area contributed by atoms with Gasteiger partial charge in [-0.2, -0.15) is 0 Å². The summed E-state index contributed by atoms with van der Waals surface area (Å²) in [6.07, 6.45) is 0. The highest BCUT2D eigenvalue weighted by molar-refractivity contribution is 6.38. The van der Waals surface area contributed by atoms with Gasteiger partial charge in [-0.15, -0.1) is 12.4 Å². The first kappa shape index (κ1) is 25.3. The third kappa shape index (κ3) is 4.88. The third-order valence-electron chi connectivity index (χ3n) is 3.82. The molecule has 0 spiro atoms. The molecule has 0 radical (unpaired) electrons. The molecule has 1 atom stereocenters. The zero-order valence-electron chi connectivity index (χ0n) is 15.1. The number of rotatable bonds is 2. The number of carbonyl (C=O) groups excluding carboxylic acids is 2. The number of carbonyl (C=O) groups is 2. The molecule has 10 heteroatoms. The lowest BCUT2D eigenvalue weighted by Crippen LogP contribution is -2.64. The minimum Gasteiger partial charge on any atom is -0.262 e. The summed E-state index contributed by atoms with van der Waals surface area (Å²) in [5, 5.41) is 0.910. The molecule has 2 aromatic carbocycles. The fourth-order valence-electron chi connectivity index (χ4n) is 2.30. The van der Waals surface area contributed by atoms with Crippen molar-refractivity contribution in [3.8, 4) is 0 Å². The maximum Gasteiger partial charge on any atom is 0.390 e. The molecular formula is C18H17Cl6N2O2+. The van der Waals surface area contributed by atoms with Gasteiger partial charge < -0.3 is 0 Å². The Kier molecular flexibility index (Phi) is 8.49. The molecule has 28 heavy (non-hydrogen) atoms. The molecule has 0 N–H and O–H groups in total. The van der Waals surface area contributed by atoms with E-state index in [1.165, 1.54) is 30.3 Å². The van der Waals surface area contributed by atoms with Crippen molar-refractivity contribution in [3.05, 3.63) is 68.7 Å². The van der Waals surface area contributed by atoms with Crippen LogP contribution in [0.2, 0.25) is 15.1 Å². The summed E-state index contributed by atoms with van der Waals surface area (Å²) < 4.78 is -0.415. The van der Waals surface area contributed by atoms with Crippen LogP contribution in [0.15, 0.2) is 42.5 Å². The fraction of sp³-hybridized carbons (Fsp3) is 0.222. The Morgan fingerprint density at radius 1 is 0.929 bits per heavy atom. The molecular weight excluding hydrogens is 489 g/mol. The second-order valence-electron chi connectivity index (χ2n) is 6.73. The lowest BCUT2D eigenvalue weighted by Gasteiger charge is -2.40. The molecule has 0 saturated heterocycles. The van der Waals surface area contributed by atoms with Crippen LogP contribution in [0.3, 0.4) is 0 Å². The molecule has 0 aliphatic heterocycles. The van der Waals surface area contributed by atoms with E-state index < -0.39 is 21.5 Å². The molecule has 0 saturated carbocycles. The van der Waals surface area contributed by atoms with Crippen LogP contribution in [-0.4, -0.2) is 26.0 Å². The highest BCUT2D eigenvalue weighted by Gasteiger charge is 2.56. The van der Waals surface area contributed by atoms with Crippen molar-refractivity contribution in [2.24, 2.45) is 0 Å². The number of benzene rings is 2. The van der Waals surface area contributed by atoms with Gasteiger partial charge in [-0.05, 0) is 67.3 Å². The quantitative estimate of drug-likeness (QED) is 0.320. The minimum absolute atomic E-state index is 0. The lowest BCUT2D eigenvalue weighted by atomic mass is 10.1. The first-order valence-corrected chi connectivity index (χ1v) is 9.55. The first-order chi connectivity index (χ1) is 12.4. The average Bonchev–Trinajstić information content (AvgIpc) is 2.59. The molecule has 2 aromatic rings. The van der Waals surface area contributed by atoms with Gasteiger partial charge in [0.1, 0.15) is 5.54 Å². The normalized spacial score (nSPS) is 13.3. The Hall–Kier alpha value is -0.720. The van der Waals surface area contributed by atoms with E-state index in [-0.39, 0.29) is 28.6 Å². The van der Waals surface area contributed by atoms with Crippen LogP contribution in [0, 0.1) is 0 Å².